The van der Waals surface area contributed by atoms with Crippen molar-refractivity contribution in [2.24, 2.45) is 35.3 Å². The molecule has 41 heteroatoms. The van der Waals surface area contributed by atoms with Gasteiger partial charge in [0.15, 0.2) is 23.9 Å². The molecule has 4 aliphatic carbocycles. The van der Waals surface area contributed by atoms with Crippen molar-refractivity contribution in [1.82, 2.24) is 53.2 Å². The van der Waals surface area contributed by atoms with Gasteiger partial charge < -0.3 is 138 Å². The first-order chi connectivity index (χ1) is 61.2. The van der Waals surface area contributed by atoms with E-state index >= 15 is 28.8 Å². The molecule has 5 aromatic rings. The predicted molar refractivity (Wildman–Crippen MR) is 461 cm³/mol. The second-order valence-electron chi connectivity index (χ2n) is 35.7. The van der Waals surface area contributed by atoms with E-state index in [9.17, 15) is 74.7 Å². The normalized spacial score (nSPS) is 30.0. The van der Waals surface area contributed by atoms with Crippen molar-refractivity contribution >= 4 is 84.0 Å². The number of hydrogen-bond donors (Lipinski definition) is 22. The summed E-state index contributed by atoms with van der Waals surface area (Å²) in [4.78, 5) is 159. The van der Waals surface area contributed by atoms with Crippen LogP contribution < -0.4 is 73.1 Å². The molecule has 23 N–H and O–H groups in total. The van der Waals surface area contributed by atoms with E-state index < -0.39 is 286 Å². The van der Waals surface area contributed by atoms with Gasteiger partial charge in [-0.15, -0.1) is 0 Å². The third kappa shape index (κ3) is 22.3. The number of phenolic OH excluding ortho intramolecular Hbond substituents is 3. The molecule has 7 aliphatic heterocycles. The van der Waals surface area contributed by atoms with Gasteiger partial charge in [-0.1, -0.05) is 101 Å². The van der Waals surface area contributed by atoms with Crippen LogP contribution in [0.4, 0.5) is 0 Å². The molecule has 16 rings (SSSR count). The summed E-state index contributed by atoms with van der Waals surface area (Å²) >= 11 is 14.5. The van der Waals surface area contributed by atoms with E-state index in [0.717, 1.165) is 119 Å². The van der Waals surface area contributed by atoms with Gasteiger partial charge in [0.05, 0.1) is 53.2 Å². The molecule has 11 aliphatic rings. The molecule has 18 atom stereocenters. The summed E-state index contributed by atoms with van der Waals surface area (Å²) in [5, 5.41) is 134. The molecule has 6 fully saturated rings. The number of halogens is 2. The van der Waals surface area contributed by atoms with Gasteiger partial charge in [0.1, 0.15) is 95.5 Å². The number of amides is 9. The molecule has 129 heavy (non-hydrogen) atoms. The second-order valence-corrected chi connectivity index (χ2v) is 38.2. The van der Waals surface area contributed by atoms with Gasteiger partial charge in [0.25, 0.3) is 0 Å². The summed E-state index contributed by atoms with van der Waals surface area (Å²) in [6.45, 7) is 6.98. The molecule has 0 spiro atoms. The van der Waals surface area contributed by atoms with E-state index in [1.165, 1.54) is 39.1 Å². The fraction of sp³-hybridized carbons (Fsp3) is 0.557. The molecular formula is C88H114Cl2N11O27P. The van der Waals surface area contributed by atoms with Crippen molar-refractivity contribution in [1.29, 1.82) is 0 Å². The van der Waals surface area contributed by atoms with Gasteiger partial charge in [0.2, 0.25) is 65.2 Å². The van der Waals surface area contributed by atoms with E-state index in [-0.39, 0.29) is 53.9 Å². The van der Waals surface area contributed by atoms with Gasteiger partial charge in [-0.05, 0) is 178 Å². The third-order valence-corrected chi connectivity index (χ3v) is 26.7. The molecule has 702 valence electrons. The highest BCUT2D eigenvalue weighted by Gasteiger charge is 2.54. The first-order valence-electron chi connectivity index (χ1n) is 43.5. The Morgan fingerprint density at radius 3 is 1.88 bits per heavy atom. The van der Waals surface area contributed by atoms with Gasteiger partial charge in [-0.3, -0.25) is 53.0 Å². The number of nitrogens with one attached hydrogen (secondary N) is 10. The largest absolute Gasteiger partial charge is 0.507 e. The number of carbonyl (C=O) groups is 9. The van der Waals surface area contributed by atoms with Crippen LogP contribution in [0.25, 0.3) is 11.1 Å². The number of fused-ring (bicyclic) bond motifs is 15. The average Bonchev–Trinajstić information content (AvgIpc) is 0.779. The smallest absolute Gasteiger partial charge is 0.339 e. The molecule has 9 amide bonds. The summed E-state index contributed by atoms with van der Waals surface area (Å²) in [5.74, 6) is -15.6. The van der Waals surface area contributed by atoms with E-state index in [2.05, 4.69) is 60.1 Å². The van der Waals surface area contributed by atoms with Crippen LogP contribution in [-0.4, -0.2) is 214 Å². The Bertz CT molecular complexity index is 5060. The van der Waals surface area contributed by atoms with Crippen LogP contribution in [0.5, 0.6) is 46.0 Å². The van der Waals surface area contributed by atoms with Crippen molar-refractivity contribution < 1.29 is 132 Å². The molecular weight excluding hydrogens is 1740 g/mol. The van der Waals surface area contributed by atoms with Crippen LogP contribution in [0.2, 0.25) is 10.0 Å². The van der Waals surface area contributed by atoms with Gasteiger partial charge in [-0.25, -0.2) is 0 Å². The summed E-state index contributed by atoms with van der Waals surface area (Å²) in [7, 11) is -3.39. The van der Waals surface area contributed by atoms with Crippen LogP contribution in [-0.2, 0) is 68.5 Å². The number of benzene rings is 5. The van der Waals surface area contributed by atoms with Crippen LogP contribution in [0.15, 0.2) is 72.8 Å². The molecule has 5 aromatic carbocycles. The molecule has 4 saturated carbocycles. The van der Waals surface area contributed by atoms with Crippen molar-refractivity contribution in [3.8, 4) is 57.1 Å². The number of likely N-dealkylation sites (N-methyl/N-ethyl adjacent to an activating group) is 1. The number of nitrogens with two attached hydrogens (primary N) is 1. The van der Waals surface area contributed by atoms with E-state index in [1.807, 2.05) is 13.8 Å². The minimum Gasteiger partial charge on any atom is -0.507 e. The zero-order valence-electron chi connectivity index (χ0n) is 71.9. The Morgan fingerprint density at radius 2 is 1.28 bits per heavy atom. The molecule has 15 bridgehead atoms. The number of hydrogen-bond acceptors (Lipinski definition) is 28. The second kappa shape index (κ2) is 41.2. The highest BCUT2D eigenvalue weighted by molar-refractivity contribution is 7.51. The monoisotopic (exact) mass is 1860 g/mol. The Hall–Kier alpha value is -9.42. The Kier molecular flexibility index (Phi) is 31.0. The van der Waals surface area contributed by atoms with Gasteiger partial charge >= 0.3 is 7.60 Å². The van der Waals surface area contributed by atoms with E-state index in [1.54, 1.807) is 0 Å². The number of aliphatic hydroxyl groups is 6. The molecule has 0 aromatic heterocycles. The van der Waals surface area contributed by atoms with E-state index in [4.69, 9.17) is 57.4 Å². The summed E-state index contributed by atoms with van der Waals surface area (Å²) in [5.41, 5.74) is 1.81. The Morgan fingerprint density at radius 1 is 0.674 bits per heavy atom. The zero-order valence-corrected chi connectivity index (χ0v) is 74.3. The molecule has 2 saturated heterocycles. The lowest BCUT2D eigenvalue weighted by Crippen LogP contribution is -2.64. The maximum absolute atomic E-state index is 16.8. The summed E-state index contributed by atoms with van der Waals surface area (Å²) < 4.78 is 51.4. The first kappa shape index (κ1) is 97.1. The number of unbranched alkanes of at least 4 members (excludes halogenated alkanes) is 6. The highest BCUT2D eigenvalue weighted by Crippen LogP contribution is 2.55. The SMILES string of the molecule is CCCCCCCCCC(=O)NC(=O)C[C@@H]1NC(=O)[C@H](NC(=O)[C@@H](CC(C)C)NC)[C@H](O)c2ccc(c(Cl)c2)Oc2cc3cc(c2O[C@@H]2O[C@H](CO)[C@@H](O)[C@H](O)[C@H]2O[C@H]2C[C@](C)(N)[C@H](O)[C@H](C)O2)Oc2ccc(cc2Cl)[C@@H](O)[C@@H]2NC(=O)[C@H](NC(=O)[C@@H]3NC1=O)c1ccc(O)c(c1)-c1c(cc(O)c(CNCP(=O)(O)O)c1O)[C@@H](C(=O)NC1C3CC4CC(C3)CC1C4)NC2=O. The lowest BCUT2D eigenvalue weighted by molar-refractivity contribution is -0.333. The number of imide groups is 1. The quantitative estimate of drug-likeness (QED) is 0.0268. The number of rotatable bonds is 26. The molecule has 0 radical (unpaired) electrons. The third-order valence-electron chi connectivity index (χ3n) is 25.5. The first-order valence-corrected chi connectivity index (χ1v) is 46.1. The van der Waals surface area contributed by atoms with E-state index in [0.29, 0.717) is 24.7 Å². The van der Waals surface area contributed by atoms with Gasteiger partial charge in [0, 0.05) is 42.1 Å². The number of aromatic hydroxyl groups is 3. The van der Waals surface area contributed by atoms with Crippen molar-refractivity contribution in [3.63, 3.8) is 0 Å². The summed E-state index contributed by atoms with van der Waals surface area (Å²) in [6.07, 6.45) is -10.6. The maximum Gasteiger partial charge on any atom is 0.339 e. The van der Waals surface area contributed by atoms with Crippen LogP contribution >= 0.6 is 30.8 Å². The molecule has 38 nitrogen and oxygen atoms in total. The topological polar surface area (TPSA) is 595 Å². The fourth-order valence-electron chi connectivity index (χ4n) is 19.0. The van der Waals surface area contributed by atoms with Crippen LogP contribution in [0.3, 0.4) is 0 Å². The molecule has 0 unspecified atom stereocenters. The summed E-state index contributed by atoms with van der Waals surface area (Å²) in [6, 6.07) is -1.90. The number of carbonyl (C=O) groups excluding carboxylic acids is 9. The fourth-order valence-corrected chi connectivity index (χ4v) is 19.8. The van der Waals surface area contributed by atoms with Crippen molar-refractivity contribution in [3.05, 3.63) is 116 Å². The Balaban J connectivity index is 1.02. The molecule has 7 heterocycles. The zero-order chi connectivity index (χ0) is 93.1. The maximum atomic E-state index is 16.8. The average molecular weight is 1860 g/mol. The number of aliphatic hydroxyl groups excluding tert-OH is 6. The minimum absolute atomic E-state index is 0.0188. The Labute approximate surface area is 753 Å². The number of ether oxygens (including phenoxy) is 6. The standard InChI is InChI=1S/C88H114Cl2N11O27P/c1-7-8-9-10-11-12-13-14-62(105)95-63(106)33-54-81(114)97-68-47-30-59(124-57-19-16-43(28-51(57)89)72(107)70(85(118)94-54)100-80(113)53(92-6)21-38(2)3)77(128-87-78(76(111)75(110)61(36-102)126-87)127-64-34-88(5,91)79(112)39(4)123-64)60(31-47)125-58-20-17-44(29-52(58)90)73(108)71-86(119)99-69(84(117)96-66-45-23-40-22-41(25-45)26-46(66)24-40)49-32-56(104)50(35-93-37-129(120,121)122)74(109)65(49)48-27-42(15-18-55(48)103)67(82(115)101-71)98-83(68)116/h15-20,27-32,38-41,45-46,53-54,61,64,66-73,75-76,78-79,87,92-93,102-104,107-112H,7-14,21-26,33-37,91H2,1-6H3,(H,94,118)(H,96,117)(H,97,114)(H,98,116)(H,99,119)(H,100,113)(H,101,115)(H,95,105,106)(H2,120,121,122)/t39-,40?,41?,45?,46?,53+,54-,61+,64-,66?,67+,68+,69-,70+,71-,72+,73+,75+,76-,78+,79+,87-,88-/m0/s1. The minimum atomic E-state index is -4.86. The van der Waals surface area contributed by atoms with Crippen LogP contribution in [0.1, 0.15) is 201 Å². The highest BCUT2D eigenvalue weighted by atomic mass is 35.5. The predicted octanol–water partition coefficient (Wildman–Crippen LogP) is 4.49. The lowest BCUT2D eigenvalue weighted by Gasteiger charge is -2.54. The van der Waals surface area contributed by atoms with Crippen LogP contribution in [0, 0.1) is 29.6 Å². The lowest BCUT2D eigenvalue weighted by atomic mass is 9.54. The van der Waals surface area contributed by atoms with Crippen molar-refractivity contribution in [2.75, 3.05) is 19.9 Å². The van der Waals surface area contributed by atoms with Gasteiger partial charge in [-0.2, -0.15) is 0 Å². The number of phenols is 3. The van der Waals surface area contributed by atoms with Crippen molar-refractivity contribution in [2.45, 2.75) is 259 Å².